The normalized spacial score (nSPS) is 11.5. The van der Waals surface area contributed by atoms with E-state index in [1.807, 2.05) is 20.6 Å². The standard InChI is InChI=1S/C11H17NO3.C4H11N5.CH2O/c1-7(2)12-6-11(15)8-3-4-9(13)10(14)5-8;1-9(2)4(7)8-3(5)6;1-2/h3-5,7,11-15H,6H2,1-2H3;1-2H3,(H5,5,6,7,8);1H2. The van der Waals surface area contributed by atoms with Crippen molar-refractivity contribution in [3.8, 4) is 11.5 Å². The lowest BCUT2D eigenvalue weighted by molar-refractivity contribution is -0.0980. The Labute approximate surface area is 153 Å². The highest BCUT2D eigenvalue weighted by Crippen LogP contribution is 2.27. The molecule has 1 aromatic rings. The molecule has 0 aliphatic carbocycles. The smallest absolute Gasteiger partial charge is 0.215 e. The van der Waals surface area contributed by atoms with Crippen LogP contribution in [-0.4, -0.2) is 65.6 Å². The fourth-order valence-corrected chi connectivity index (χ4v) is 1.44. The van der Waals surface area contributed by atoms with E-state index >= 15 is 0 Å². The van der Waals surface area contributed by atoms with Crippen molar-refractivity contribution in [3.63, 3.8) is 0 Å². The van der Waals surface area contributed by atoms with Crippen LogP contribution in [0.1, 0.15) is 25.5 Å². The average Bonchev–Trinajstić information content (AvgIpc) is 2.56. The summed E-state index contributed by atoms with van der Waals surface area (Å²) >= 11 is 0. The molecule has 0 aromatic heterocycles. The Morgan fingerprint density at radius 2 is 1.81 bits per heavy atom. The minimum atomic E-state index is -0.682. The summed E-state index contributed by atoms with van der Waals surface area (Å²) in [6.45, 7) is 6.39. The van der Waals surface area contributed by atoms with Gasteiger partial charge in [-0.3, -0.25) is 5.41 Å². The first-order chi connectivity index (χ1) is 12.0. The van der Waals surface area contributed by atoms with E-state index in [1.165, 1.54) is 12.1 Å². The highest BCUT2D eigenvalue weighted by atomic mass is 16.3. The van der Waals surface area contributed by atoms with Gasteiger partial charge in [-0.1, -0.05) is 19.9 Å². The summed E-state index contributed by atoms with van der Waals surface area (Å²) in [6.07, 6.45) is -0.682. The molecule has 0 spiro atoms. The van der Waals surface area contributed by atoms with Crippen LogP contribution in [0, 0.1) is 5.41 Å². The van der Waals surface area contributed by atoms with Gasteiger partial charge in [-0.25, -0.2) is 0 Å². The van der Waals surface area contributed by atoms with Gasteiger partial charge in [0.25, 0.3) is 0 Å². The quantitative estimate of drug-likeness (QED) is 0.214. The maximum absolute atomic E-state index is 9.73. The third kappa shape index (κ3) is 11.6. The van der Waals surface area contributed by atoms with Crippen LogP contribution < -0.4 is 16.8 Å². The zero-order chi connectivity index (χ0) is 20.9. The SMILES string of the molecule is C=O.CC(C)NCC(O)c1ccc(O)c(O)c1.CN(C)C(N)=NC(=N)N. The molecule has 26 heavy (non-hydrogen) atoms. The molecule has 1 unspecified atom stereocenters. The maximum atomic E-state index is 9.73. The Morgan fingerprint density at radius 3 is 2.15 bits per heavy atom. The molecule has 0 fully saturated rings. The van der Waals surface area contributed by atoms with E-state index in [9.17, 15) is 10.2 Å². The summed E-state index contributed by atoms with van der Waals surface area (Å²) in [5.41, 5.74) is 10.8. The van der Waals surface area contributed by atoms with Crippen molar-refractivity contribution in [1.29, 1.82) is 5.41 Å². The number of aromatic hydroxyl groups is 2. The molecule has 148 valence electrons. The Hall–Kier alpha value is -2.85. The van der Waals surface area contributed by atoms with Gasteiger partial charge in [0.2, 0.25) is 5.96 Å². The molecule has 1 aromatic carbocycles. The summed E-state index contributed by atoms with van der Waals surface area (Å²) in [4.78, 5) is 13.0. The Kier molecular flexibility index (Phi) is 13.1. The number of nitrogens with two attached hydrogens (primary N) is 2. The lowest BCUT2D eigenvalue weighted by Gasteiger charge is -2.14. The topological polar surface area (TPSA) is 181 Å². The molecule has 0 radical (unpaired) electrons. The van der Waals surface area contributed by atoms with E-state index in [0.717, 1.165) is 0 Å². The number of hydrogen-bond acceptors (Lipinski definition) is 6. The Bertz CT molecular complexity index is 578. The summed E-state index contributed by atoms with van der Waals surface area (Å²) < 4.78 is 0. The van der Waals surface area contributed by atoms with Crippen molar-refractivity contribution in [3.05, 3.63) is 23.8 Å². The molecule has 0 saturated heterocycles. The lowest BCUT2D eigenvalue weighted by Crippen LogP contribution is -2.32. The van der Waals surface area contributed by atoms with Crippen molar-refractivity contribution in [2.24, 2.45) is 16.5 Å². The van der Waals surface area contributed by atoms with Crippen molar-refractivity contribution in [2.45, 2.75) is 26.0 Å². The number of benzene rings is 1. The van der Waals surface area contributed by atoms with Gasteiger partial charge in [0.15, 0.2) is 17.5 Å². The highest BCUT2D eigenvalue weighted by molar-refractivity contribution is 5.91. The number of aliphatic hydroxyl groups excluding tert-OH is 1. The van der Waals surface area contributed by atoms with Gasteiger partial charge >= 0.3 is 0 Å². The third-order valence-electron chi connectivity index (χ3n) is 2.80. The molecular formula is C16H30N6O4. The number of phenolic OH excluding ortho intramolecular Hbond substituents is 2. The van der Waals surface area contributed by atoms with Crippen molar-refractivity contribution >= 4 is 18.7 Å². The van der Waals surface area contributed by atoms with E-state index in [4.69, 9.17) is 26.8 Å². The first-order valence-corrected chi connectivity index (χ1v) is 7.62. The predicted molar refractivity (Wildman–Crippen MR) is 102 cm³/mol. The number of phenols is 2. The van der Waals surface area contributed by atoms with Crippen LogP contribution in [0.15, 0.2) is 23.2 Å². The Balaban J connectivity index is 0. The van der Waals surface area contributed by atoms with E-state index in [-0.39, 0.29) is 23.4 Å². The van der Waals surface area contributed by atoms with Crippen molar-refractivity contribution in [2.75, 3.05) is 20.6 Å². The van der Waals surface area contributed by atoms with Crippen LogP contribution in [-0.2, 0) is 4.79 Å². The molecule has 10 nitrogen and oxygen atoms in total. The van der Waals surface area contributed by atoms with Crippen molar-refractivity contribution < 1.29 is 20.1 Å². The predicted octanol–water partition coefficient (Wildman–Crippen LogP) is -0.300. The van der Waals surface area contributed by atoms with E-state index < -0.39 is 6.10 Å². The molecule has 1 rings (SSSR count). The number of hydrogen-bond donors (Lipinski definition) is 7. The molecule has 0 aliphatic heterocycles. The van der Waals surface area contributed by atoms with Crippen LogP contribution in [0.5, 0.6) is 11.5 Å². The number of rotatable bonds is 4. The van der Waals surface area contributed by atoms with Crippen LogP contribution in [0.4, 0.5) is 0 Å². The number of nitrogens with one attached hydrogen (secondary N) is 2. The summed E-state index contributed by atoms with van der Waals surface area (Å²) in [7, 11) is 3.45. The molecule has 0 heterocycles. The molecule has 0 bridgehead atoms. The minimum Gasteiger partial charge on any atom is -0.504 e. The van der Waals surface area contributed by atoms with Gasteiger partial charge in [0.05, 0.1) is 6.10 Å². The molecule has 10 heteroatoms. The second-order valence-electron chi connectivity index (χ2n) is 5.58. The number of aliphatic imine (C=N–C) groups is 1. The Morgan fingerprint density at radius 1 is 1.27 bits per heavy atom. The first kappa shape index (κ1) is 25.4. The summed E-state index contributed by atoms with van der Waals surface area (Å²) in [6, 6.07) is 4.61. The molecule has 0 aliphatic rings. The summed E-state index contributed by atoms with van der Waals surface area (Å²) in [5, 5.41) is 37.9. The third-order valence-corrected chi connectivity index (χ3v) is 2.80. The highest BCUT2D eigenvalue weighted by Gasteiger charge is 2.10. The van der Waals surface area contributed by atoms with Gasteiger partial charge in [0, 0.05) is 26.7 Å². The lowest BCUT2D eigenvalue weighted by atomic mass is 10.1. The number of carbonyl (C=O) groups excluding carboxylic acids is 1. The zero-order valence-electron chi connectivity index (χ0n) is 15.6. The number of guanidine groups is 2. The zero-order valence-corrected chi connectivity index (χ0v) is 15.6. The fourth-order valence-electron chi connectivity index (χ4n) is 1.44. The fraction of sp³-hybridized carbons (Fsp3) is 0.438. The minimum absolute atomic E-state index is 0.178. The van der Waals surface area contributed by atoms with Crippen LogP contribution in [0.25, 0.3) is 0 Å². The van der Waals surface area contributed by atoms with Gasteiger partial charge in [-0.15, -0.1) is 0 Å². The average molecular weight is 370 g/mol. The number of carbonyl (C=O) groups is 1. The number of aliphatic hydroxyl groups is 1. The maximum Gasteiger partial charge on any atom is 0.215 e. The largest absolute Gasteiger partial charge is 0.504 e. The molecular weight excluding hydrogens is 340 g/mol. The second-order valence-corrected chi connectivity index (χ2v) is 5.58. The second kappa shape index (κ2) is 13.4. The van der Waals surface area contributed by atoms with E-state index in [2.05, 4.69) is 10.3 Å². The van der Waals surface area contributed by atoms with Crippen LogP contribution >= 0.6 is 0 Å². The van der Waals surface area contributed by atoms with E-state index in [0.29, 0.717) is 18.2 Å². The van der Waals surface area contributed by atoms with Crippen molar-refractivity contribution in [1.82, 2.24) is 10.2 Å². The van der Waals surface area contributed by atoms with Gasteiger partial charge in [0.1, 0.15) is 6.79 Å². The molecule has 9 N–H and O–H groups in total. The molecule has 0 saturated carbocycles. The van der Waals surface area contributed by atoms with E-state index in [1.54, 1.807) is 25.1 Å². The monoisotopic (exact) mass is 370 g/mol. The number of nitrogens with zero attached hydrogens (tertiary/aromatic N) is 2. The molecule has 0 amide bonds. The first-order valence-electron chi connectivity index (χ1n) is 7.62. The van der Waals surface area contributed by atoms with Crippen LogP contribution in [0.3, 0.4) is 0 Å². The van der Waals surface area contributed by atoms with Gasteiger partial charge in [-0.2, -0.15) is 4.99 Å². The summed E-state index contributed by atoms with van der Waals surface area (Å²) in [5.74, 6) is -0.428. The van der Waals surface area contributed by atoms with Crippen LogP contribution in [0.2, 0.25) is 0 Å². The molecule has 1 atom stereocenters. The van der Waals surface area contributed by atoms with Gasteiger partial charge in [-0.05, 0) is 17.7 Å². The van der Waals surface area contributed by atoms with Gasteiger partial charge < -0.3 is 41.8 Å².